The second kappa shape index (κ2) is 19.9. The summed E-state index contributed by atoms with van der Waals surface area (Å²) in [6.45, 7) is 6.78. The van der Waals surface area contributed by atoms with Gasteiger partial charge in [-0.1, -0.05) is 116 Å². The molecule has 0 amide bonds. The Morgan fingerprint density at radius 1 is 0.528 bits per heavy atom. The van der Waals surface area contributed by atoms with Gasteiger partial charge in [-0.3, -0.25) is 9.98 Å². The van der Waals surface area contributed by atoms with Gasteiger partial charge < -0.3 is 0 Å². The van der Waals surface area contributed by atoms with E-state index < -0.39 is 0 Å². The SMILES string of the molecule is CCCCCCCCc1ccc(N=CC(CCCC)=Nc2ccc(CCCCCCCC)cc2)cc1. The predicted octanol–water partition coefficient (Wildman–Crippen LogP) is 11.2. The summed E-state index contributed by atoms with van der Waals surface area (Å²) in [6, 6.07) is 17.6. The second-order valence-electron chi connectivity index (χ2n) is 10.3. The summed E-state index contributed by atoms with van der Waals surface area (Å²) in [6.07, 6.45) is 23.8. The quantitative estimate of drug-likeness (QED) is 0.131. The molecular formula is C34H52N2. The maximum Gasteiger partial charge on any atom is 0.0633 e. The zero-order valence-corrected chi connectivity index (χ0v) is 23.6. The molecule has 0 radical (unpaired) electrons. The Labute approximate surface area is 222 Å². The molecule has 0 unspecified atom stereocenters. The number of hydrogen-bond donors (Lipinski definition) is 0. The molecule has 0 aliphatic carbocycles. The molecule has 0 aliphatic heterocycles. The van der Waals surface area contributed by atoms with Crippen molar-refractivity contribution < 1.29 is 0 Å². The summed E-state index contributed by atoms with van der Waals surface area (Å²) in [5.41, 5.74) is 5.96. The molecule has 0 fully saturated rings. The molecule has 2 nitrogen and oxygen atoms in total. The first-order valence-electron chi connectivity index (χ1n) is 15.0. The number of rotatable bonds is 20. The minimum atomic E-state index is 0.968. The van der Waals surface area contributed by atoms with E-state index in [9.17, 15) is 0 Å². The first kappa shape index (κ1) is 30.0. The fourth-order valence-electron chi connectivity index (χ4n) is 4.53. The van der Waals surface area contributed by atoms with Crippen molar-refractivity contribution in [2.24, 2.45) is 9.98 Å². The lowest BCUT2D eigenvalue weighted by Crippen LogP contribution is -1.99. The van der Waals surface area contributed by atoms with Gasteiger partial charge in [0.2, 0.25) is 0 Å². The van der Waals surface area contributed by atoms with Crippen LogP contribution in [0.2, 0.25) is 0 Å². The average Bonchev–Trinajstić information content (AvgIpc) is 2.91. The minimum Gasteiger partial charge on any atom is -0.255 e. The topological polar surface area (TPSA) is 24.7 Å². The van der Waals surface area contributed by atoms with Crippen LogP contribution < -0.4 is 0 Å². The lowest BCUT2D eigenvalue weighted by Gasteiger charge is -2.05. The molecule has 2 aromatic rings. The highest BCUT2D eigenvalue weighted by Gasteiger charge is 2.00. The van der Waals surface area contributed by atoms with Crippen molar-refractivity contribution in [2.75, 3.05) is 0 Å². The van der Waals surface area contributed by atoms with Gasteiger partial charge in [0, 0.05) is 6.21 Å². The maximum atomic E-state index is 4.94. The van der Waals surface area contributed by atoms with Gasteiger partial charge in [0.1, 0.15) is 0 Å². The van der Waals surface area contributed by atoms with Gasteiger partial charge in [0.25, 0.3) is 0 Å². The van der Waals surface area contributed by atoms with Gasteiger partial charge in [0.05, 0.1) is 17.1 Å². The summed E-state index contributed by atoms with van der Waals surface area (Å²) in [4.78, 5) is 9.70. The average molecular weight is 489 g/mol. The van der Waals surface area contributed by atoms with Crippen molar-refractivity contribution in [2.45, 2.75) is 130 Å². The molecule has 36 heavy (non-hydrogen) atoms. The molecule has 0 saturated carbocycles. The largest absolute Gasteiger partial charge is 0.255 e. The summed E-state index contributed by atoms with van der Waals surface area (Å²) < 4.78 is 0. The van der Waals surface area contributed by atoms with Crippen LogP contribution in [0.3, 0.4) is 0 Å². The fraction of sp³-hybridized carbons (Fsp3) is 0.588. The van der Waals surface area contributed by atoms with Crippen LogP contribution in [0.4, 0.5) is 11.4 Å². The van der Waals surface area contributed by atoms with Crippen LogP contribution in [0.1, 0.15) is 128 Å². The standard InChI is InChI=1S/C34H52N2/c1-4-7-10-12-14-16-18-30-21-25-32(26-22-30)35-29-34(20-9-6-3)36-33-27-23-31(24-28-33)19-17-15-13-11-8-5-2/h21-29H,4-20H2,1-3H3. The summed E-state index contributed by atoms with van der Waals surface area (Å²) in [5.74, 6) is 0. The Bertz CT molecular complexity index is 846. The molecule has 0 spiro atoms. The van der Waals surface area contributed by atoms with E-state index in [1.165, 1.54) is 101 Å². The van der Waals surface area contributed by atoms with Crippen molar-refractivity contribution in [3.8, 4) is 0 Å². The molecule has 0 saturated heterocycles. The zero-order valence-electron chi connectivity index (χ0n) is 23.6. The van der Waals surface area contributed by atoms with Crippen LogP contribution in [0.15, 0.2) is 58.5 Å². The molecule has 0 N–H and O–H groups in total. The van der Waals surface area contributed by atoms with E-state index in [0.29, 0.717) is 0 Å². The molecule has 0 atom stereocenters. The van der Waals surface area contributed by atoms with E-state index in [-0.39, 0.29) is 0 Å². The summed E-state index contributed by atoms with van der Waals surface area (Å²) >= 11 is 0. The lowest BCUT2D eigenvalue weighted by molar-refractivity contribution is 0.607. The molecule has 0 aromatic heterocycles. The molecule has 2 heteroatoms. The van der Waals surface area contributed by atoms with Crippen molar-refractivity contribution in [3.05, 3.63) is 59.7 Å². The van der Waals surface area contributed by atoms with Crippen molar-refractivity contribution in [1.29, 1.82) is 0 Å². The van der Waals surface area contributed by atoms with Crippen molar-refractivity contribution in [1.82, 2.24) is 0 Å². The van der Waals surface area contributed by atoms with Crippen LogP contribution in [-0.2, 0) is 12.8 Å². The first-order valence-corrected chi connectivity index (χ1v) is 15.0. The van der Waals surface area contributed by atoms with E-state index in [1.807, 2.05) is 6.21 Å². The molecule has 2 aromatic carbocycles. The van der Waals surface area contributed by atoms with Crippen molar-refractivity contribution >= 4 is 23.3 Å². The number of unbranched alkanes of at least 4 members (excludes halogenated alkanes) is 11. The maximum absolute atomic E-state index is 4.94. The highest BCUT2D eigenvalue weighted by Crippen LogP contribution is 2.18. The Morgan fingerprint density at radius 2 is 0.972 bits per heavy atom. The number of aliphatic imine (C=N–C) groups is 2. The number of nitrogens with zero attached hydrogens (tertiary/aromatic N) is 2. The van der Waals surface area contributed by atoms with Crippen LogP contribution in [0.25, 0.3) is 0 Å². The van der Waals surface area contributed by atoms with Gasteiger partial charge in [-0.25, -0.2) is 0 Å². The smallest absolute Gasteiger partial charge is 0.0633 e. The Hall–Kier alpha value is -2.22. The third-order valence-electron chi connectivity index (χ3n) is 6.93. The second-order valence-corrected chi connectivity index (χ2v) is 10.3. The monoisotopic (exact) mass is 488 g/mol. The van der Waals surface area contributed by atoms with E-state index in [1.54, 1.807) is 0 Å². The molecule has 2 rings (SSSR count). The van der Waals surface area contributed by atoms with Crippen molar-refractivity contribution in [3.63, 3.8) is 0 Å². The molecule has 198 valence electrons. The van der Waals surface area contributed by atoms with Crippen LogP contribution in [-0.4, -0.2) is 11.9 Å². The summed E-state index contributed by atoms with van der Waals surface area (Å²) in [5, 5.41) is 0. The molecular weight excluding hydrogens is 436 g/mol. The van der Waals surface area contributed by atoms with E-state index in [2.05, 4.69) is 69.3 Å². The third kappa shape index (κ3) is 13.8. The van der Waals surface area contributed by atoms with E-state index >= 15 is 0 Å². The van der Waals surface area contributed by atoms with E-state index in [4.69, 9.17) is 9.98 Å². The van der Waals surface area contributed by atoms with Crippen LogP contribution in [0.5, 0.6) is 0 Å². The zero-order chi connectivity index (χ0) is 25.7. The number of aryl methyl sites for hydroxylation is 2. The number of hydrogen-bond acceptors (Lipinski definition) is 2. The van der Waals surface area contributed by atoms with Gasteiger partial charge in [-0.05, 0) is 73.9 Å². The van der Waals surface area contributed by atoms with Gasteiger partial charge in [0.15, 0.2) is 0 Å². The molecule has 0 bridgehead atoms. The lowest BCUT2D eigenvalue weighted by atomic mass is 10.0. The Kier molecular flexibility index (Phi) is 16.6. The summed E-state index contributed by atoms with van der Waals surface area (Å²) in [7, 11) is 0. The molecule has 0 heterocycles. The molecule has 0 aliphatic rings. The van der Waals surface area contributed by atoms with Gasteiger partial charge >= 0.3 is 0 Å². The predicted molar refractivity (Wildman–Crippen MR) is 162 cm³/mol. The minimum absolute atomic E-state index is 0.968. The van der Waals surface area contributed by atoms with E-state index in [0.717, 1.165) is 36.3 Å². The first-order chi connectivity index (χ1) is 17.7. The normalized spacial score (nSPS) is 12.0. The van der Waals surface area contributed by atoms with Crippen LogP contribution >= 0.6 is 0 Å². The number of benzene rings is 2. The third-order valence-corrected chi connectivity index (χ3v) is 6.93. The fourth-order valence-corrected chi connectivity index (χ4v) is 4.53. The highest BCUT2D eigenvalue weighted by molar-refractivity contribution is 6.31. The van der Waals surface area contributed by atoms with Gasteiger partial charge in [-0.2, -0.15) is 0 Å². The van der Waals surface area contributed by atoms with Gasteiger partial charge in [-0.15, -0.1) is 0 Å². The Balaban J connectivity index is 1.86. The Morgan fingerprint density at radius 3 is 1.47 bits per heavy atom. The highest BCUT2D eigenvalue weighted by atomic mass is 14.8. The van der Waals surface area contributed by atoms with Crippen LogP contribution in [0, 0.1) is 0 Å².